The summed E-state index contributed by atoms with van der Waals surface area (Å²) in [5, 5.41) is -0.191. The Hall–Kier alpha value is 1.03. The van der Waals surface area contributed by atoms with Crippen LogP contribution >= 0.6 is 11.6 Å². The average Bonchev–Trinajstić information content (AvgIpc) is 2.55. The standard InChI is InChI=1S/C9H17N2OSi.C8H16ClOSi.CH2N2.2Y/c1-13(2)7-5-3-4-6-9(12)8-11-10;1-11(2)7-5-3-4-6-8(9)10;1-3-2;;/h8H,3-7H2,1-2H3;3-7H2,1-2H3;1H2;;. The van der Waals surface area contributed by atoms with Crippen LogP contribution in [0, 0.1) is 0 Å². The zero-order valence-electron chi connectivity index (χ0n) is 18.5. The minimum atomic E-state index is -0.191. The zero-order chi connectivity index (χ0) is 21.5. The first-order chi connectivity index (χ1) is 12.7. The molecule has 0 rings (SSSR count). The Bertz CT molecular complexity index is 473. The van der Waals surface area contributed by atoms with Crippen LogP contribution in [0.4, 0.5) is 0 Å². The minimum absolute atomic E-state index is 0. The SMILES string of the molecule is C=[N+]=[N-].C[Si](C)CCCCCC(=O)C=[N+]=[N-].C[Si](C)CCCCCC(=O)Cl.[Y].[Y]. The molecule has 160 valence electrons. The first-order valence-electron chi connectivity index (χ1n) is 9.27. The number of carbonyl (C=O) groups excluding carboxylic acids is 2. The number of carbonyl (C=O) groups is 2. The average molecular weight is 609 g/mol. The molecule has 0 aromatic carbocycles. The van der Waals surface area contributed by atoms with E-state index in [9.17, 15) is 9.59 Å². The van der Waals surface area contributed by atoms with Crippen molar-refractivity contribution in [1.29, 1.82) is 0 Å². The Morgan fingerprint density at radius 2 is 1.24 bits per heavy atom. The summed E-state index contributed by atoms with van der Waals surface area (Å²) in [5.74, 6) is -0.0824. The molecule has 0 spiro atoms. The molecule has 0 saturated carbocycles. The molecule has 0 aliphatic heterocycles. The fourth-order valence-electron chi connectivity index (χ4n) is 2.00. The summed E-state index contributed by atoms with van der Waals surface area (Å²) in [6.45, 7) is 11.9. The van der Waals surface area contributed by atoms with Crippen molar-refractivity contribution in [3.63, 3.8) is 0 Å². The van der Waals surface area contributed by atoms with Gasteiger partial charge in [0.2, 0.25) is 17.7 Å². The molecule has 0 heterocycles. The molecule has 0 N–H and O–H groups in total. The third-order valence-electron chi connectivity index (χ3n) is 3.35. The van der Waals surface area contributed by atoms with Crippen molar-refractivity contribution >= 4 is 53.2 Å². The molecule has 11 heteroatoms. The van der Waals surface area contributed by atoms with Crippen molar-refractivity contribution in [2.75, 3.05) is 0 Å². The summed E-state index contributed by atoms with van der Waals surface area (Å²) in [5.41, 5.74) is 15.1. The largest absolute Gasteiger partial charge is 0.362 e. The number of Topliss-reactive ketones (excluding diaryl/α,β-unsaturated/α-hetero) is 1. The Morgan fingerprint density at radius 1 is 0.862 bits per heavy atom. The maximum Gasteiger partial charge on any atom is 0.323 e. The number of unbranched alkanes of at least 4 members (excludes halogenated alkanes) is 4. The van der Waals surface area contributed by atoms with Crippen LogP contribution in [0.1, 0.15) is 51.4 Å². The van der Waals surface area contributed by atoms with Gasteiger partial charge < -0.3 is 11.1 Å². The molecule has 0 amide bonds. The van der Waals surface area contributed by atoms with Gasteiger partial charge in [-0.25, -0.2) is 0 Å². The molecule has 0 aliphatic carbocycles. The molecule has 29 heavy (non-hydrogen) atoms. The second-order valence-corrected chi connectivity index (χ2v) is 13.0. The van der Waals surface area contributed by atoms with Gasteiger partial charge in [0.25, 0.3) is 0 Å². The predicted molar refractivity (Wildman–Crippen MR) is 118 cm³/mol. The van der Waals surface area contributed by atoms with Crippen molar-refractivity contribution < 1.29 is 84.6 Å². The van der Waals surface area contributed by atoms with E-state index in [2.05, 4.69) is 42.5 Å². The van der Waals surface area contributed by atoms with E-state index in [1.54, 1.807) is 0 Å². The van der Waals surface area contributed by atoms with Crippen molar-refractivity contribution in [3.8, 4) is 0 Å². The van der Waals surface area contributed by atoms with Crippen LogP contribution in [0.15, 0.2) is 0 Å². The maximum absolute atomic E-state index is 10.8. The molecule has 6 nitrogen and oxygen atoms in total. The van der Waals surface area contributed by atoms with Gasteiger partial charge in [-0.2, -0.15) is 9.58 Å². The summed E-state index contributed by atoms with van der Waals surface area (Å²) in [4.78, 5) is 26.1. The Kier molecular flexibility index (Phi) is 46.9. The number of halogens is 1. The number of ketones is 1. The van der Waals surface area contributed by atoms with Crippen LogP contribution in [-0.2, 0) is 75.0 Å². The molecular weight excluding hydrogens is 574 g/mol. The molecule has 0 aliphatic rings. The maximum atomic E-state index is 10.8. The van der Waals surface area contributed by atoms with E-state index in [1.807, 2.05) is 0 Å². The van der Waals surface area contributed by atoms with Crippen LogP contribution in [0.5, 0.6) is 0 Å². The number of hydrogen-bond donors (Lipinski definition) is 0. The van der Waals surface area contributed by atoms with Crippen LogP contribution in [0.3, 0.4) is 0 Å². The summed E-state index contributed by atoms with van der Waals surface area (Å²) >= 11 is 5.19. The summed E-state index contributed by atoms with van der Waals surface area (Å²) in [6.07, 6.45) is 8.70. The van der Waals surface area contributed by atoms with Crippen molar-refractivity contribution in [2.24, 2.45) is 0 Å². The molecule has 0 atom stereocenters. The van der Waals surface area contributed by atoms with Crippen LogP contribution in [-0.4, -0.2) is 51.1 Å². The third-order valence-corrected chi connectivity index (χ3v) is 6.25. The van der Waals surface area contributed by atoms with E-state index in [-0.39, 0.29) is 94.0 Å². The third kappa shape index (κ3) is 52.9. The van der Waals surface area contributed by atoms with Gasteiger partial charge in [-0.05, 0) is 24.4 Å². The Morgan fingerprint density at radius 3 is 1.55 bits per heavy atom. The van der Waals surface area contributed by atoms with Crippen molar-refractivity contribution in [1.82, 2.24) is 0 Å². The van der Waals surface area contributed by atoms with E-state index >= 15 is 0 Å². The number of rotatable bonds is 13. The monoisotopic (exact) mass is 608 g/mol. The zero-order valence-corrected chi connectivity index (χ0v) is 26.9. The normalized spacial score (nSPS) is 8.66. The van der Waals surface area contributed by atoms with Gasteiger partial charge >= 0.3 is 6.21 Å². The fraction of sp³-hybridized carbons (Fsp3) is 0.778. The molecule has 0 unspecified atom stereocenters. The van der Waals surface area contributed by atoms with Gasteiger partial charge in [0, 0.05) is 95.9 Å². The van der Waals surface area contributed by atoms with Crippen molar-refractivity contribution in [2.45, 2.75) is 89.6 Å². The van der Waals surface area contributed by atoms with Crippen LogP contribution < -0.4 is 0 Å². The number of hydrogen-bond acceptors (Lipinski definition) is 2. The first kappa shape index (κ1) is 40.4. The molecule has 0 aromatic heterocycles. The second-order valence-electron chi connectivity index (χ2n) is 6.74. The summed E-state index contributed by atoms with van der Waals surface area (Å²) in [6, 6.07) is 2.69. The minimum Gasteiger partial charge on any atom is -0.362 e. The number of nitrogens with zero attached hydrogens (tertiary/aromatic N) is 4. The van der Waals surface area contributed by atoms with Crippen molar-refractivity contribution in [3.05, 3.63) is 11.1 Å². The van der Waals surface area contributed by atoms with E-state index in [0.29, 0.717) is 12.8 Å². The first-order valence-corrected chi connectivity index (χ1v) is 15.1. The summed E-state index contributed by atoms with van der Waals surface area (Å²) in [7, 11) is -0.149. The molecule has 0 saturated heterocycles. The molecule has 0 bridgehead atoms. The quantitative estimate of drug-likeness (QED) is 0.0720. The Balaban J connectivity index is -0.000000111. The van der Waals surface area contributed by atoms with Gasteiger partial charge in [-0.3, -0.25) is 9.59 Å². The smallest absolute Gasteiger partial charge is 0.323 e. The Labute approximate surface area is 235 Å². The van der Waals surface area contributed by atoms with Gasteiger partial charge in [-0.1, -0.05) is 64.0 Å². The van der Waals surface area contributed by atoms with Gasteiger partial charge in [-0.15, -0.1) is 0 Å². The molecule has 0 fully saturated rings. The van der Waals surface area contributed by atoms with Crippen LogP contribution in [0.2, 0.25) is 38.3 Å². The predicted octanol–water partition coefficient (Wildman–Crippen LogP) is 5.15. The van der Waals surface area contributed by atoms with E-state index in [4.69, 9.17) is 22.7 Å². The molecular formula is C18H35ClN4O2Si2Y2. The van der Waals surface area contributed by atoms with E-state index < -0.39 is 0 Å². The van der Waals surface area contributed by atoms with E-state index in [1.165, 1.54) is 24.9 Å². The topological polar surface area (TPSA) is 107 Å². The van der Waals surface area contributed by atoms with E-state index in [0.717, 1.165) is 31.9 Å². The van der Waals surface area contributed by atoms with Gasteiger partial charge in [0.15, 0.2) is 0 Å². The second kappa shape index (κ2) is 33.7. The molecule has 4 radical (unpaired) electrons. The summed E-state index contributed by atoms with van der Waals surface area (Å²) < 4.78 is 0. The molecule has 0 aromatic rings. The van der Waals surface area contributed by atoms with Gasteiger partial charge in [0.05, 0.1) is 0 Å². The van der Waals surface area contributed by atoms with Gasteiger partial charge in [0.1, 0.15) is 0 Å². The van der Waals surface area contributed by atoms with Crippen LogP contribution in [0.25, 0.3) is 11.1 Å². The fourth-order valence-corrected chi connectivity index (χ4v) is 4.05.